The fraction of sp³-hybridized carbons (Fsp3) is 1.00. The van der Waals surface area contributed by atoms with Gasteiger partial charge >= 0.3 is 0 Å². The van der Waals surface area contributed by atoms with Crippen LogP contribution < -0.4 is 0 Å². The van der Waals surface area contributed by atoms with Gasteiger partial charge in [0.1, 0.15) is 5.60 Å². The van der Waals surface area contributed by atoms with Crippen LogP contribution in [0.3, 0.4) is 0 Å². The van der Waals surface area contributed by atoms with Gasteiger partial charge in [0.05, 0.1) is 38.6 Å². The molecule has 0 aliphatic carbocycles. The topological polar surface area (TPSA) is 79.2 Å². The molecule has 0 radical (unpaired) electrons. The minimum absolute atomic E-state index is 0.00797. The lowest BCUT2D eigenvalue weighted by atomic mass is 9.77. The first-order chi connectivity index (χ1) is 9.50. The third-order valence-electron chi connectivity index (χ3n) is 3.78. The van der Waals surface area contributed by atoms with Gasteiger partial charge in [0.25, 0.3) is 0 Å². The van der Waals surface area contributed by atoms with E-state index in [9.17, 15) is 15.3 Å². The standard InChI is InChI=1S/C16H32O5/c1-14(2,3)8-15(4,5)10-20-11-16(9-17)13(19)6-12(18)7-21-16/h12-13,17-19H,6-11H2,1-5H3/t12-,13?,16+/m0/s1. The maximum absolute atomic E-state index is 10.1. The number of hydrogen-bond acceptors (Lipinski definition) is 5. The van der Waals surface area contributed by atoms with Crippen LogP contribution >= 0.6 is 0 Å². The molecule has 1 aliphatic heterocycles. The summed E-state index contributed by atoms with van der Waals surface area (Å²) < 4.78 is 11.2. The van der Waals surface area contributed by atoms with Crippen LogP contribution in [0.15, 0.2) is 0 Å². The van der Waals surface area contributed by atoms with Crippen LogP contribution in [-0.2, 0) is 9.47 Å². The Bertz CT molecular complexity index is 323. The fourth-order valence-corrected chi connectivity index (χ4v) is 3.22. The maximum atomic E-state index is 10.1. The van der Waals surface area contributed by atoms with Crippen molar-refractivity contribution in [2.75, 3.05) is 26.4 Å². The van der Waals surface area contributed by atoms with Crippen molar-refractivity contribution in [1.29, 1.82) is 0 Å². The second-order valence-corrected chi connectivity index (χ2v) is 8.33. The van der Waals surface area contributed by atoms with E-state index in [2.05, 4.69) is 34.6 Å². The average Bonchev–Trinajstić information content (AvgIpc) is 2.29. The van der Waals surface area contributed by atoms with E-state index in [0.717, 1.165) is 6.42 Å². The number of hydrogen-bond donors (Lipinski definition) is 3. The predicted molar refractivity (Wildman–Crippen MR) is 81.1 cm³/mol. The Hall–Kier alpha value is -0.200. The fourth-order valence-electron chi connectivity index (χ4n) is 3.22. The highest BCUT2D eigenvalue weighted by molar-refractivity contribution is 4.93. The highest BCUT2D eigenvalue weighted by atomic mass is 16.6. The molecule has 0 aromatic heterocycles. The molecule has 21 heavy (non-hydrogen) atoms. The number of rotatable bonds is 6. The summed E-state index contributed by atoms with van der Waals surface area (Å²) in [6, 6.07) is 0. The van der Waals surface area contributed by atoms with E-state index in [0.29, 0.717) is 6.61 Å². The van der Waals surface area contributed by atoms with E-state index in [1.165, 1.54) is 0 Å². The van der Waals surface area contributed by atoms with Crippen molar-refractivity contribution in [3.8, 4) is 0 Å². The van der Waals surface area contributed by atoms with Crippen molar-refractivity contribution >= 4 is 0 Å². The third kappa shape index (κ3) is 5.83. The van der Waals surface area contributed by atoms with Crippen molar-refractivity contribution in [2.24, 2.45) is 10.8 Å². The summed E-state index contributed by atoms with van der Waals surface area (Å²) in [5.41, 5.74) is -0.891. The van der Waals surface area contributed by atoms with Gasteiger partial charge in [-0.15, -0.1) is 0 Å². The van der Waals surface area contributed by atoms with Crippen LogP contribution in [0.4, 0.5) is 0 Å². The molecule has 3 atom stereocenters. The maximum Gasteiger partial charge on any atom is 0.140 e. The van der Waals surface area contributed by atoms with E-state index in [1.807, 2.05) is 0 Å². The Kier molecular flexibility index (Phi) is 6.21. The van der Waals surface area contributed by atoms with Crippen LogP contribution in [0.1, 0.15) is 47.5 Å². The second-order valence-electron chi connectivity index (χ2n) is 8.33. The zero-order valence-electron chi connectivity index (χ0n) is 14.1. The van der Waals surface area contributed by atoms with Crippen LogP contribution in [0.2, 0.25) is 0 Å². The van der Waals surface area contributed by atoms with Crippen LogP contribution in [0.5, 0.6) is 0 Å². The number of aliphatic hydroxyl groups is 3. The summed E-state index contributed by atoms with van der Waals surface area (Å²) in [5, 5.41) is 29.1. The summed E-state index contributed by atoms with van der Waals surface area (Å²) in [5.74, 6) is 0. The predicted octanol–water partition coefficient (Wildman–Crippen LogP) is 1.34. The molecule has 1 fully saturated rings. The molecule has 5 heteroatoms. The first kappa shape index (κ1) is 18.8. The van der Waals surface area contributed by atoms with Crippen LogP contribution in [-0.4, -0.2) is 59.6 Å². The largest absolute Gasteiger partial charge is 0.393 e. The van der Waals surface area contributed by atoms with Gasteiger partial charge < -0.3 is 24.8 Å². The Balaban J connectivity index is 2.52. The summed E-state index contributed by atoms with van der Waals surface area (Å²) in [7, 11) is 0. The van der Waals surface area contributed by atoms with E-state index >= 15 is 0 Å². The first-order valence-corrected chi connectivity index (χ1v) is 7.68. The van der Waals surface area contributed by atoms with Gasteiger partial charge in [-0.2, -0.15) is 0 Å². The van der Waals surface area contributed by atoms with Crippen molar-refractivity contribution in [3.63, 3.8) is 0 Å². The van der Waals surface area contributed by atoms with Crippen molar-refractivity contribution < 1.29 is 24.8 Å². The third-order valence-corrected chi connectivity index (χ3v) is 3.78. The van der Waals surface area contributed by atoms with Gasteiger partial charge in [-0.05, 0) is 17.3 Å². The molecule has 1 rings (SSSR count). The molecule has 3 N–H and O–H groups in total. The lowest BCUT2D eigenvalue weighted by Crippen LogP contribution is -2.58. The van der Waals surface area contributed by atoms with Crippen molar-refractivity contribution in [2.45, 2.75) is 65.3 Å². The molecule has 1 saturated heterocycles. The zero-order chi connectivity index (χ0) is 16.3. The SMILES string of the molecule is CC(C)(C)CC(C)(C)COC[C@@]1(CO)OC[C@@H](O)CC1O. The highest BCUT2D eigenvalue weighted by Gasteiger charge is 2.44. The first-order valence-electron chi connectivity index (χ1n) is 7.68. The van der Waals surface area contributed by atoms with Gasteiger partial charge in [-0.1, -0.05) is 34.6 Å². The van der Waals surface area contributed by atoms with E-state index in [1.54, 1.807) is 0 Å². The molecule has 0 aromatic carbocycles. The number of aliphatic hydroxyl groups excluding tert-OH is 3. The van der Waals surface area contributed by atoms with Gasteiger partial charge in [0.2, 0.25) is 0 Å². The monoisotopic (exact) mass is 304 g/mol. The van der Waals surface area contributed by atoms with E-state index in [4.69, 9.17) is 9.47 Å². The molecule has 1 heterocycles. The Morgan fingerprint density at radius 3 is 2.29 bits per heavy atom. The lowest BCUT2D eigenvalue weighted by molar-refractivity contribution is -0.226. The smallest absolute Gasteiger partial charge is 0.140 e. The molecule has 1 aliphatic rings. The van der Waals surface area contributed by atoms with Crippen molar-refractivity contribution in [3.05, 3.63) is 0 Å². The molecule has 5 nitrogen and oxygen atoms in total. The minimum Gasteiger partial charge on any atom is -0.393 e. The molecular formula is C16H32O5. The van der Waals surface area contributed by atoms with E-state index < -0.39 is 17.8 Å². The van der Waals surface area contributed by atoms with Gasteiger partial charge in [0, 0.05) is 6.42 Å². The van der Waals surface area contributed by atoms with Gasteiger partial charge in [-0.3, -0.25) is 0 Å². The summed E-state index contributed by atoms with van der Waals surface area (Å²) >= 11 is 0. The molecule has 0 spiro atoms. The summed E-state index contributed by atoms with van der Waals surface area (Å²) in [6.45, 7) is 11.3. The molecule has 0 aromatic rings. The van der Waals surface area contributed by atoms with Gasteiger partial charge in [0.15, 0.2) is 0 Å². The quantitative estimate of drug-likeness (QED) is 0.690. The van der Waals surface area contributed by atoms with Gasteiger partial charge in [-0.25, -0.2) is 0 Å². The minimum atomic E-state index is -1.11. The Labute approximate surface area is 128 Å². The summed E-state index contributed by atoms with van der Waals surface area (Å²) in [6.07, 6.45) is -0.391. The van der Waals surface area contributed by atoms with Crippen molar-refractivity contribution in [1.82, 2.24) is 0 Å². The molecule has 0 saturated carbocycles. The summed E-state index contributed by atoms with van der Waals surface area (Å²) in [4.78, 5) is 0. The normalized spacial score (nSPS) is 31.4. The molecule has 0 amide bonds. The molecule has 1 unspecified atom stereocenters. The lowest BCUT2D eigenvalue weighted by Gasteiger charge is -2.42. The Morgan fingerprint density at radius 1 is 1.19 bits per heavy atom. The van der Waals surface area contributed by atoms with E-state index in [-0.39, 0.29) is 37.1 Å². The second kappa shape index (κ2) is 6.92. The van der Waals surface area contributed by atoms with Crippen LogP contribution in [0.25, 0.3) is 0 Å². The molecule has 0 bridgehead atoms. The zero-order valence-corrected chi connectivity index (χ0v) is 14.1. The average molecular weight is 304 g/mol. The highest BCUT2D eigenvalue weighted by Crippen LogP contribution is 2.34. The van der Waals surface area contributed by atoms with Crippen LogP contribution in [0, 0.1) is 10.8 Å². The number of ether oxygens (including phenoxy) is 2. The molecular weight excluding hydrogens is 272 g/mol. The Morgan fingerprint density at radius 2 is 1.81 bits per heavy atom. The molecule has 126 valence electrons.